The van der Waals surface area contributed by atoms with Gasteiger partial charge in [0.1, 0.15) is 12.4 Å². The summed E-state index contributed by atoms with van der Waals surface area (Å²) < 4.78 is 5.73. The summed E-state index contributed by atoms with van der Waals surface area (Å²) in [5.41, 5.74) is 8.93. The van der Waals surface area contributed by atoms with E-state index < -0.39 is 0 Å². The zero-order valence-corrected chi connectivity index (χ0v) is 10.2. The quantitative estimate of drug-likeness (QED) is 0.880. The summed E-state index contributed by atoms with van der Waals surface area (Å²) in [5, 5.41) is 0. The molecule has 1 aromatic carbocycles. The average Bonchev–Trinajstić information content (AvgIpc) is 2.80. The fraction of sp³-hybridized carbons (Fsp3) is 0.538. The molecule has 2 N–H and O–H groups in total. The Bertz CT molecular complexity index is 388. The Morgan fingerprint density at radius 1 is 1.19 bits per heavy atom. The SMILES string of the molecule is Cl.NC1(COc2ccc3c(c2)CCC3)CC1. The number of fused-ring (bicyclic) bond motifs is 1. The minimum Gasteiger partial charge on any atom is -0.492 e. The smallest absolute Gasteiger partial charge is 0.119 e. The second-order valence-corrected chi connectivity index (χ2v) is 4.94. The monoisotopic (exact) mass is 239 g/mol. The van der Waals surface area contributed by atoms with Crippen molar-refractivity contribution >= 4 is 12.4 Å². The molecule has 88 valence electrons. The molecule has 0 bridgehead atoms. The number of halogens is 1. The molecular formula is C13H18ClNO. The molecular weight excluding hydrogens is 222 g/mol. The van der Waals surface area contributed by atoms with Gasteiger partial charge in [0.2, 0.25) is 0 Å². The first-order chi connectivity index (χ1) is 7.25. The van der Waals surface area contributed by atoms with Crippen LogP contribution in [-0.2, 0) is 12.8 Å². The van der Waals surface area contributed by atoms with Crippen molar-refractivity contribution in [3.8, 4) is 5.75 Å². The van der Waals surface area contributed by atoms with Crippen LogP contribution in [0.1, 0.15) is 30.4 Å². The van der Waals surface area contributed by atoms with E-state index >= 15 is 0 Å². The Balaban J connectivity index is 0.000000963. The lowest BCUT2D eigenvalue weighted by Crippen LogP contribution is -2.29. The van der Waals surface area contributed by atoms with Crippen molar-refractivity contribution in [1.29, 1.82) is 0 Å². The van der Waals surface area contributed by atoms with Crippen LogP contribution >= 0.6 is 12.4 Å². The lowest BCUT2D eigenvalue weighted by Gasteiger charge is -2.12. The molecule has 16 heavy (non-hydrogen) atoms. The Morgan fingerprint density at radius 2 is 1.94 bits per heavy atom. The summed E-state index contributed by atoms with van der Waals surface area (Å²) in [5.74, 6) is 0.993. The van der Waals surface area contributed by atoms with E-state index in [0.717, 1.165) is 18.6 Å². The van der Waals surface area contributed by atoms with Crippen molar-refractivity contribution in [1.82, 2.24) is 0 Å². The van der Waals surface area contributed by atoms with Gasteiger partial charge in [-0.05, 0) is 55.4 Å². The lowest BCUT2D eigenvalue weighted by molar-refractivity contribution is 0.279. The predicted molar refractivity (Wildman–Crippen MR) is 67.4 cm³/mol. The van der Waals surface area contributed by atoms with Gasteiger partial charge in [0.15, 0.2) is 0 Å². The fourth-order valence-corrected chi connectivity index (χ4v) is 2.17. The number of ether oxygens (including phenoxy) is 1. The maximum absolute atomic E-state index is 5.98. The van der Waals surface area contributed by atoms with Gasteiger partial charge in [0.25, 0.3) is 0 Å². The molecule has 0 radical (unpaired) electrons. The van der Waals surface area contributed by atoms with Crippen LogP contribution in [0.15, 0.2) is 18.2 Å². The molecule has 3 heteroatoms. The van der Waals surface area contributed by atoms with Crippen molar-refractivity contribution < 1.29 is 4.74 Å². The van der Waals surface area contributed by atoms with E-state index in [0.29, 0.717) is 6.61 Å². The maximum Gasteiger partial charge on any atom is 0.119 e. The van der Waals surface area contributed by atoms with E-state index in [1.165, 1.54) is 30.4 Å². The minimum atomic E-state index is -0.0149. The Kier molecular flexibility index (Phi) is 3.13. The number of hydrogen-bond donors (Lipinski definition) is 1. The molecule has 1 saturated carbocycles. The highest BCUT2D eigenvalue weighted by Gasteiger charge is 2.39. The maximum atomic E-state index is 5.98. The van der Waals surface area contributed by atoms with Crippen molar-refractivity contribution in [3.05, 3.63) is 29.3 Å². The van der Waals surface area contributed by atoms with Gasteiger partial charge >= 0.3 is 0 Å². The van der Waals surface area contributed by atoms with Crippen molar-refractivity contribution in [3.63, 3.8) is 0 Å². The third kappa shape index (κ3) is 2.33. The molecule has 3 rings (SSSR count). The molecule has 0 aromatic heterocycles. The third-order valence-corrected chi connectivity index (χ3v) is 3.49. The normalized spacial score (nSPS) is 19.8. The van der Waals surface area contributed by atoms with Gasteiger partial charge in [0.05, 0.1) is 5.54 Å². The summed E-state index contributed by atoms with van der Waals surface area (Å²) in [6.45, 7) is 0.672. The van der Waals surface area contributed by atoms with E-state index in [1.54, 1.807) is 0 Å². The van der Waals surface area contributed by atoms with Crippen LogP contribution < -0.4 is 10.5 Å². The van der Waals surface area contributed by atoms with E-state index in [2.05, 4.69) is 18.2 Å². The molecule has 2 nitrogen and oxygen atoms in total. The van der Waals surface area contributed by atoms with E-state index in [-0.39, 0.29) is 17.9 Å². The summed E-state index contributed by atoms with van der Waals surface area (Å²) in [7, 11) is 0. The highest BCUT2D eigenvalue weighted by Crippen LogP contribution is 2.33. The summed E-state index contributed by atoms with van der Waals surface area (Å²) in [6, 6.07) is 6.47. The molecule has 2 aliphatic rings. The average molecular weight is 240 g/mol. The molecule has 0 atom stereocenters. The molecule has 0 heterocycles. The molecule has 0 saturated heterocycles. The van der Waals surface area contributed by atoms with Crippen molar-refractivity contribution in [2.24, 2.45) is 5.73 Å². The number of benzene rings is 1. The fourth-order valence-electron chi connectivity index (χ4n) is 2.17. The van der Waals surface area contributed by atoms with Gasteiger partial charge in [-0.1, -0.05) is 6.07 Å². The Hall–Kier alpha value is -0.730. The molecule has 0 amide bonds. The standard InChI is InChI=1S/C13H17NO.ClH/c14-13(6-7-13)9-15-12-5-4-10-2-1-3-11(10)8-12;/h4-5,8H,1-3,6-7,9,14H2;1H. The second-order valence-electron chi connectivity index (χ2n) is 4.94. The Labute approximate surface area is 103 Å². The summed E-state index contributed by atoms with van der Waals surface area (Å²) in [6.07, 6.45) is 5.95. The van der Waals surface area contributed by atoms with Crippen molar-refractivity contribution in [2.45, 2.75) is 37.6 Å². The van der Waals surface area contributed by atoms with Gasteiger partial charge in [-0.15, -0.1) is 12.4 Å². The molecule has 0 spiro atoms. The zero-order valence-electron chi connectivity index (χ0n) is 9.37. The summed E-state index contributed by atoms with van der Waals surface area (Å²) >= 11 is 0. The van der Waals surface area contributed by atoms with Crippen LogP contribution in [0.2, 0.25) is 0 Å². The predicted octanol–water partition coefficient (Wildman–Crippen LogP) is 2.47. The second kappa shape index (κ2) is 4.27. The van der Waals surface area contributed by atoms with Crippen molar-refractivity contribution in [2.75, 3.05) is 6.61 Å². The van der Waals surface area contributed by atoms with Crippen LogP contribution in [0, 0.1) is 0 Å². The van der Waals surface area contributed by atoms with Crippen LogP contribution in [0.3, 0.4) is 0 Å². The van der Waals surface area contributed by atoms with Gasteiger partial charge < -0.3 is 10.5 Å². The number of rotatable bonds is 3. The van der Waals surface area contributed by atoms with E-state index in [4.69, 9.17) is 10.5 Å². The molecule has 1 aromatic rings. The largest absolute Gasteiger partial charge is 0.492 e. The van der Waals surface area contributed by atoms with Crippen LogP contribution in [-0.4, -0.2) is 12.1 Å². The first-order valence-electron chi connectivity index (χ1n) is 5.79. The molecule has 2 aliphatic carbocycles. The van der Waals surface area contributed by atoms with Crippen LogP contribution in [0.4, 0.5) is 0 Å². The van der Waals surface area contributed by atoms with Gasteiger partial charge in [0, 0.05) is 0 Å². The van der Waals surface area contributed by atoms with Gasteiger partial charge in [-0.25, -0.2) is 0 Å². The molecule has 0 unspecified atom stereocenters. The van der Waals surface area contributed by atoms with Gasteiger partial charge in [-0.2, -0.15) is 0 Å². The first kappa shape index (κ1) is 11.7. The zero-order chi connectivity index (χ0) is 10.3. The number of hydrogen-bond acceptors (Lipinski definition) is 2. The summed E-state index contributed by atoms with van der Waals surface area (Å²) in [4.78, 5) is 0. The number of aryl methyl sites for hydroxylation is 2. The van der Waals surface area contributed by atoms with Gasteiger partial charge in [-0.3, -0.25) is 0 Å². The molecule has 0 aliphatic heterocycles. The van der Waals surface area contributed by atoms with E-state index in [1.807, 2.05) is 0 Å². The highest BCUT2D eigenvalue weighted by atomic mass is 35.5. The highest BCUT2D eigenvalue weighted by molar-refractivity contribution is 5.85. The molecule has 1 fully saturated rings. The third-order valence-electron chi connectivity index (χ3n) is 3.49. The minimum absolute atomic E-state index is 0. The van der Waals surface area contributed by atoms with E-state index in [9.17, 15) is 0 Å². The Morgan fingerprint density at radius 3 is 2.69 bits per heavy atom. The lowest BCUT2D eigenvalue weighted by atomic mass is 10.1. The topological polar surface area (TPSA) is 35.2 Å². The van der Waals surface area contributed by atoms with Crippen LogP contribution in [0.5, 0.6) is 5.75 Å². The van der Waals surface area contributed by atoms with Crippen LogP contribution in [0.25, 0.3) is 0 Å². The first-order valence-corrected chi connectivity index (χ1v) is 5.79. The number of nitrogens with two attached hydrogens (primary N) is 1.